The Kier molecular flexibility index (Phi) is 10.0. The highest BCUT2D eigenvalue weighted by Gasteiger charge is 2.16. The van der Waals surface area contributed by atoms with Crippen LogP contribution in [-0.4, -0.2) is 51.8 Å². The number of guanidine groups is 1. The predicted molar refractivity (Wildman–Crippen MR) is 114 cm³/mol. The van der Waals surface area contributed by atoms with Gasteiger partial charge in [0.05, 0.1) is 26.8 Å². The van der Waals surface area contributed by atoms with Gasteiger partial charge >= 0.3 is 0 Å². The Morgan fingerprint density at radius 3 is 2.33 bits per heavy atom. The maximum atomic E-state index is 6.11. The lowest BCUT2D eigenvalue weighted by Crippen LogP contribution is -2.39. The summed E-state index contributed by atoms with van der Waals surface area (Å²) >= 11 is 0. The van der Waals surface area contributed by atoms with E-state index in [9.17, 15) is 0 Å². The lowest BCUT2D eigenvalue weighted by Gasteiger charge is -2.24. The average molecular weight is 379 g/mol. The van der Waals surface area contributed by atoms with Crippen LogP contribution in [0.1, 0.15) is 51.6 Å². The molecule has 1 aromatic rings. The Morgan fingerprint density at radius 1 is 1.11 bits per heavy atom. The molecule has 2 atom stereocenters. The summed E-state index contributed by atoms with van der Waals surface area (Å²) in [5, 5.41) is 3.30. The minimum absolute atomic E-state index is 0.0985. The van der Waals surface area contributed by atoms with Crippen molar-refractivity contribution in [3.8, 4) is 11.5 Å². The molecular formula is C21H38N4O2. The largest absolute Gasteiger partial charge is 0.493 e. The number of methoxy groups -OCH3 is 2. The Balaban J connectivity index is 2.73. The highest BCUT2D eigenvalue weighted by Crippen LogP contribution is 2.31. The fraction of sp³-hybridized carbons (Fsp3) is 0.667. The molecule has 0 bridgehead atoms. The molecule has 3 N–H and O–H groups in total. The number of benzene rings is 1. The number of hydrogen-bond donors (Lipinski definition) is 2. The van der Waals surface area contributed by atoms with Gasteiger partial charge in [0.2, 0.25) is 0 Å². The summed E-state index contributed by atoms with van der Waals surface area (Å²) < 4.78 is 10.7. The fourth-order valence-corrected chi connectivity index (χ4v) is 3.01. The monoisotopic (exact) mass is 378 g/mol. The zero-order chi connectivity index (χ0) is 20.4. The summed E-state index contributed by atoms with van der Waals surface area (Å²) in [4.78, 5) is 6.70. The van der Waals surface area contributed by atoms with Crippen molar-refractivity contribution in [2.45, 2.75) is 52.1 Å². The zero-order valence-corrected chi connectivity index (χ0v) is 18.1. The van der Waals surface area contributed by atoms with Crippen molar-refractivity contribution in [1.82, 2.24) is 10.2 Å². The van der Waals surface area contributed by atoms with E-state index in [-0.39, 0.29) is 6.04 Å². The number of rotatable bonds is 11. The molecule has 0 saturated heterocycles. The summed E-state index contributed by atoms with van der Waals surface area (Å²) in [5.41, 5.74) is 7.22. The molecule has 0 radical (unpaired) electrons. The van der Waals surface area contributed by atoms with E-state index in [2.05, 4.69) is 36.0 Å². The fourth-order valence-electron chi connectivity index (χ4n) is 3.01. The first kappa shape index (κ1) is 23.1. The minimum atomic E-state index is 0.0985. The van der Waals surface area contributed by atoms with Crippen LogP contribution in [0.4, 0.5) is 0 Å². The summed E-state index contributed by atoms with van der Waals surface area (Å²) in [6.45, 7) is 7.23. The molecule has 0 aliphatic heterocycles. The van der Waals surface area contributed by atoms with E-state index >= 15 is 0 Å². The number of nitrogens with one attached hydrogen (secondary N) is 1. The normalized spacial score (nSPS) is 14.3. The van der Waals surface area contributed by atoms with Crippen molar-refractivity contribution in [2.24, 2.45) is 16.6 Å². The van der Waals surface area contributed by atoms with Gasteiger partial charge in [-0.1, -0.05) is 32.8 Å². The van der Waals surface area contributed by atoms with Gasteiger partial charge in [-0.2, -0.15) is 0 Å². The molecular weight excluding hydrogens is 340 g/mol. The van der Waals surface area contributed by atoms with E-state index in [1.807, 2.05) is 32.3 Å². The second-order valence-electron chi connectivity index (χ2n) is 7.69. The second kappa shape index (κ2) is 11.7. The van der Waals surface area contributed by atoms with Crippen LogP contribution in [0.5, 0.6) is 11.5 Å². The molecule has 6 nitrogen and oxygen atoms in total. The number of likely N-dealkylation sites (N-methyl/N-ethyl adjacent to an activating group) is 1. The number of nitrogens with two attached hydrogens (primary N) is 1. The van der Waals surface area contributed by atoms with Crippen molar-refractivity contribution >= 4 is 5.96 Å². The molecule has 6 heteroatoms. The van der Waals surface area contributed by atoms with Crippen molar-refractivity contribution in [3.63, 3.8) is 0 Å². The maximum absolute atomic E-state index is 6.11. The van der Waals surface area contributed by atoms with Gasteiger partial charge in [-0.25, -0.2) is 0 Å². The highest BCUT2D eigenvalue weighted by molar-refractivity contribution is 5.78. The maximum Gasteiger partial charge on any atom is 0.188 e. The first-order valence-electron chi connectivity index (χ1n) is 9.73. The molecule has 1 aromatic carbocycles. The van der Waals surface area contributed by atoms with Crippen LogP contribution in [0.15, 0.2) is 23.2 Å². The highest BCUT2D eigenvalue weighted by atomic mass is 16.5. The van der Waals surface area contributed by atoms with Crippen LogP contribution < -0.4 is 20.5 Å². The third kappa shape index (κ3) is 8.08. The van der Waals surface area contributed by atoms with Gasteiger partial charge in [-0.15, -0.1) is 0 Å². The molecule has 0 spiro atoms. The quantitative estimate of drug-likeness (QED) is 0.456. The number of hydrogen-bond acceptors (Lipinski definition) is 4. The number of nitrogens with zero attached hydrogens (tertiary/aromatic N) is 2. The van der Waals surface area contributed by atoms with Crippen LogP contribution in [-0.2, 0) is 0 Å². The Labute approximate surface area is 165 Å². The lowest BCUT2D eigenvalue weighted by atomic mass is 10.0. The minimum Gasteiger partial charge on any atom is -0.493 e. The molecule has 0 heterocycles. The molecule has 0 aliphatic carbocycles. The van der Waals surface area contributed by atoms with E-state index in [0.29, 0.717) is 18.5 Å². The molecule has 0 aromatic heterocycles. The molecule has 0 amide bonds. The van der Waals surface area contributed by atoms with Crippen molar-refractivity contribution in [3.05, 3.63) is 23.8 Å². The van der Waals surface area contributed by atoms with Crippen molar-refractivity contribution in [2.75, 3.05) is 34.9 Å². The molecule has 0 fully saturated rings. The summed E-state index contributed by atoms with van der Waals surface area (Å²) in [6, 6.07) is 6.39. The van der Waals surface area contributed by atoms with E-state index < -0.39 is 0 Å². The van der Waals surface area contributed by atoms with E-state index in [0.717, 1.165) is 29.4 Å². The van der Waals surface area contributed by atoms with E-state index in [1.165, 1.54) is 12.8 Å². The van der Waals surface area contributed by atoms with Gasteiger partial charge in [-0.3, -0.25) is 4.99 Å². The molecule has 0 aliphatic rings. The van der Waals surface area contributed by atoms with Crippen LogP contribution >= 0.6 is 0 Å². The number of aliphatic imine (C=N–C) groups is 1. The van der Waals surface area contributed by atoms with Crippen molar-refractivity contribution in [1.29, 1.82) is 0 Å². The average Bonchev–Trinajstić information content (AvgIpc) is 2.60. The van der Waals surface area contributed by atoms with Crippen molar-refractivity contribution < 1.29 is 9.47 Å². The first-order valence-corrected chi connectivity index (χ1v) is 9.73. The molecule has 0 saturated carbocycles. The van der Waals surface area contributed by atoms with E-state index in [1.54, 1.807) is 14.2 Å². The van der Waals surface area contributed by atoms with Crippen LogP contribution in [0, 0.1) is 5.92 Å². The summed E-state index contributed by atoms with van der Waals surface area (Å²) in [7, 11) is 7.36. The summed E-state index contributed by atoms with van der Waals surface area (Å²) in [6.07, 6.45) is 3.54. The molecule has 1 rings (SSSR count). The third-order valence-corrected chi connectivity index (χ3v) is 4.66. The second-order valence-corrected chi connectivity index (χ2v) is 7.69. The zero-order valence-electron chi connectivity index (χ0n) is 18.1. The molecule has 2 unspecified atom stereocenters. The topological polar surface area (TPSA) is 72.1 Å². The molecule has 27 heavy (non-hydrogen) atoms. The number of ether oxygens (including phenoxy) is 2. The molecule has 154 valence electrons. The Bertz CT molecular complexity index is 588. The van der Waals surface area contributed by atoms with E-state index in [4.69, 9.17) is 15.2 Å². The Morgan fingerprint density at radius 2 is 1.78 bits per heavy atom. The van der Waals surface area contributed by atoms with Crippen LogP contribution in [0.25, 0.3) is 0 Å². The summed E-state index contributed by atoms with van der Waals surface area (Å²) in [5.74, 6) is 2.68. The SMILES string of the molecule is COc1ccc(C(CN=C(N)NC(C)CCCC(C)C)N(C)C)cc1OC. The first-order chi connectivity index (χ1) is 12.8. The van der Waals surface area contributed by atoms with Crippen LogP contribution in [0.2, 0.25) is 0 Å². The van der Waals surface area contributed by atoms with Gasteiger partial charge in [0.15, 0.2) is 17.5 Å². The third-order valence-electron chi connectivity index (χ3n) is 4.66. The smallest absolute Gasteiger partial charge is 0.188 e. The van der Waals surface area contributed by atoms with Gasteiger partial charge < -0.3 is 25.4 Å². The van der Waals surface area contributed by atoms with Gasteiger partial charge in [0.25, 0.3) is 0 Å². The standard InChI is InChI=1S/C21H38N4O2/c1-15(2)9-8-10-16(3)24-21(22)23-14-18(25(4)5)17-11-12-19(26-6)20(13-17)27-7/h11-13,15-16,18H,8-10,14H2,1-7H3,(H3,22,23,24). The van der Waals surface area contributed by atoms with Gasteiger partial charge in [0.1, 0.15) is 0 Å². The van der Waals surface area contributed by atoms with Gasteiger partial charge in [0, 0.05) is 6.04 Å². The lowest BCUT2D eigenvalue weighted by molar-refractivity contribution is 0.303. The Hall–Kier alpha value is -1.95. The van der Waals surface area contributed by atoms with Crippen LogP contribution in [0.3, 0.4) is 0 Å². The van der Waals surface area contributed by atoms with Gasteiger partial charge in [-0.05, 0) is 51.1 Å². The predicted octanol–water partition coefficient (Wildman–Crippen LogP) is 3.43.